The molecule has 1 fully saturated rings. The van der Waals surface area contributed by atoms with Gasteiger partial charge in [0.2, 0.25) is 0 Å². The third kappa shape index (κ3) is 3.43. The van der Waals surface area contributed by atoms with Gasteiger partial charge in [0.25, 0.3) is 0 Å². The summed E-state index contributed by atoms with van der Waals surface area (Å²) in [6.45, 7) is 6.92. The van der Waals surface area contributed by atoms with Crippen LogP contribution >= 0.6 is 0 Å². The first-order valence-electron chi connectivity index (χ1n) is 6.70. The average Bonchev–Trinajstić information content (AvgIpc) is 2.71. The zero-order valence-electron chi connectivity index (χ0n) is 11.6. The number of ether oxygens (including phenoxy) is 1. The first kappa shape index (κ1) is 13.3. The Kier molecular flexibility index (Phi) is 4.55. The van der Waals surface area contributed by atoms with Crippen molar-refractivity contribution in [2.24, 2.45) is 7.05 Å². The van der Waals surface area contributed by atoms with E-state index in [2.05, 4.69) is 36.4 Å². The van der Waals surface area contributed by atoms with Gasteiger partial charge in [-0.25, -0.2) is 0 Å². The zero-order valence-corrected chi connectivity index (χ0v) is 11.6. The Balaban J connectivity index is 1.99. The molecule has 2 rings (SSSR count). The third-order valence-electron chi connectivity index (χ3n) is 3.29. The van der Waals surface area contributed by atoms with Gasteiger partial charge in [-0.05, 0) is 31.9 Å². The van der Waals surface area contributed by atoms with Gasteiger partial charge in [0.15, 0.2) is 0 Å². The molecule has 0 radical (unpaired) electrons. The van der Waals surface area contributed by atoms with E-state index in [1.54, 1.807) is 0 Å². The fraction of sp³-hybridized carbons (Fsp3) is 0.643. The van der Waals surface area contributed by atoms with E-state index in [1.165, 1.54) is 11.3 Å². The lowest BCUT2D eigenvalue weighted by molar-refractivity contribution is 0.0771. The summed E-state index contributed by atoms with van der Waals surface area (Å²) in [6.07, 6.45) is 4.24. The summed E-state index contributed by atoms with van der Waals surface area (Å²) < 4.78 is 7.42. The number of morpholine rings is 1. The van der Waals surface area contributed by atoms with Crippen LogP contribution in [-0.4, -0.2) is 35.6 Å². The highest BCUT2D eigenvalue weighted by molar-refractivity contribution is 5.49. The molecule has 0 spiro atoms. The van der Waals surface area contributed by atoms with E-state index in [1.807, 2.05) is 11.7 Å². The molecule has 1 N–H and O–H groups in total. The fourth-order valence-corrected chi connectivity index (χ4v) is 2.30. The zero-order chi connectivity index (χ0) is 13.0. The monoisotopic (exact) mass is 249 g/mol. The Labute approximate surface area is 109 Å². The molecule has 2 heterocycles. The minimum atomic E-state index is 0.453. The molecule has 100 valence electrons. The second-order valence-corrected chi connectivity index (χ2v) is 4.96. The summed E-state index contributed by atoms with van der Waals surface area (Å²) in [5.74, 6) is 0. The second-order valence-electron chi connectivity index (χ2n) is 4.96. The lowest BCUT2D eigenvalue weighted by Gasteiger charge is -2.23. The van der Waals surface area contributed by atoms with Crippen molar-refractivity contribution in [3.8, 4) is 0 Å². The van der Waals surface area contributed by atoms with E-state index >= 15 is 0 Å². The third-order valence-corrected chi connectivity index (χ3v) is 3.29. The molecule has 1 unspecified atom stereocenters. The molecule has 18 heavy (non-hydrogen) atoms. The van der Waals surface area contributed by atoms with Gasteiger partial charge >= 0.3 is 0 Å². The van der Waals surface area contributed by atoms with Crippen molar-refractivity contribution in [1.29, 1.82) is 0 Å². The summed E-state index contributed by atoms with van der Waals surface area (Å²) in [4.78, 5) is 0. The number of hydrogen-bond acceptors (Lipinski definition) is 3. The highest BCUT2D eigenvalue weighted by Crippen LogP contribution is 2.13. The number of nitrogens with one attached hydrogen (secondary N) is 1. The number of aromatic nitrogens is 2. The molecule has 1 atom stereocenters. The Morgan fingerprint density at radius 1 is 1.67 bits per heavy atom. The van der Waals surface area contributed by atoms with Gasteiger partial charge in [-0.2, -0.15) is 5.10 Å². The number of hydrogen-bond donors (Lipinski definition) is 1. The summed E-state index contributed by atoms with van der Waals surface area (Å²) in [5.41, 5.74) is 3.69. The second kappa shape index (κ2) is 6.16. The van der Waals surface area contributed by atoms with E-state index < -0.39 is 0 Å². The highest BCUT2D eigenvalue weighted by Gasteiger charge is 2.13. The van der Waals surface area contributed by atoms with Gasteiger partial charge in [-0.3, -0.25) is 4.68 Å². The molecule has 0 amide bonds. The van der Waals surface area contributed by atoms with E-state index in [0.717, 1.165) is 38.3 Å². The Bertz CT molecular complexity index is 417. The minimum absolute atomic E-state index is 0.453. The molecule has 1 aliphatic heterocycles. The molecule has 0 saturated carbocycles. The van der Waals surface area contributed by atoms with E-state index in [9.17, 15) is 0 Å². The van der Waals surface area contributed by atoms with E-state index in [-0.39, 0.29) is 0 Å². The van der Waals surface area contributed by atoms with Crippen molar-refractivity contribution in [3.63, 3.8) is 0 Å². The van der Waals surface area contributed by atoms with Gasteiger partial charge in [0.1, 0.15) is 0 Å². The molecule has 4 nitrogen and oxygen atoms in total. The molecule has 0 aliphatic carbocycles. The Morgan fingerprint density at radius 3 is 3.11 bits per heavy atom. The van der Waals surface area contributed by atoms with E-state index in [4.69, 9.17) is 4.74 Å². The standard InChI is InChI=1S/C14H23N3O/c1-4-12-9-14(17(3)16-12)8-11(2)7-13-10-18-6-5-15-13/h8-9,13,15H,4-7,10H2,1-3H3/b11-8-. The smallest absolute Gasteiger partial charge is 0.0628 e. The molecule has 0 bridgehead atoms. The topological polar surface area (TPSA) is 39.1 Å². The first-order valence-corrected chi connectivity index (χ1v) is 6.70. The normalized spacial score (nSPS) is 21.3. The Morgan fingerprint density at radius 2 is 2.50 bits per heavy atom. The minimum Gasteiger partial charge on any atom is -0.379 e. The van der Waals surface area contributed by atoms with Crippen LogP contribution in [0.3, 0.4) is 0 Å². The van der Waals surface area contributed by atoms with Crippen LogP contribution in [0.2, 0.25) is 0 Å². The van der Waals surface area contributed by atoms with Gasteiger partial charge in [-0.1, -0.05) is 12.5 Å². The van der Waals surface area contributed by atoms with Gasteiger partial charge in [0, 0.05) is 19.6 Å². The molecule has 0 aromatic carbocycles. The van der Waals surface area contributed by atoms with Crippen LogP contribution in [-0.2, 0) is 18.2 Å². The van der Waals surface area contributed by atoms with Crippen LogP contribution in [0.25, 0.3) is 6.08 Å². The quantitative estimate of drug-likeness (QED) is 0.884. The van der Waals surface area contributed by atoms with Crippen LogP contribution in [0, 0.1) is 0 Å². The molecular weight excluding hydrogens is 226 g/mol. The first-order chi connectivity index (χ1) is 8.69. The maximum Gasteiger partial charge on any atom is 0.0628 e. The van der Waals surface area contributed by atoms with Crippen molar-refractivity contribution in [2.75, 3.05) is 19.8 Å². The van der Waals surface area contributed by atoms with E-state index in [0.29, 0.717) is 6.04 Å². The molecule has 1 aliphatic rings. The molecule has 1 aromatic heterocycles. The lowest BCUT2D eigenvalue weighted by atomic mass is 10.1. The molecule has 1 aromatic rings. The summed E-state index contributed by atoms with van der Waals surface area (Å²) in [6, 6.07) is 2.61. The van der Waals surface area contributed by atoms with Crippen molar-refractivity contribution in [2.45, 2.75) is 32.7 Å². The summed E-state index contributed by atoms with van der Waals surface area (Å²) >= 11 is 0. The summed E-state index contributed by atoms with van der Waals surface area (Å²) in [7, 11) is 2.00. The van der Waals surface area contributed by atoms with Crippen LogP contribution in [0.15, 0.2) is 11.6 Å². The van der Waals surface area contributed by atoms with Crippen LogP contribution in [0.1, 0.15) is 31.7 Å². The SMILES string of the molecule is CCc1cc(/C=C(/C)CC2COCCN2)n(C)n1. The largest absolute Gasteiger partial charge is 0.379 e. The van der Waals surface area contributed by atoms with Crippen molar-refractivity contribution in [1.82, 2.24) is 15.1 Å². The van der Waals surface area contributed by atoms with Gasteiger partial charge in [0.05, 0.1) is 24.6 Å². The highest BCUT2D eigenvalue weighted by atomic mass is 16.5. The number of nitrogens with zero attached hydrogens (tertiary/aromatic N) is 2. The van der Waals surface area contributed by atoms with Crippen LogP contribution in [0.4, 0.5) is 0 Å². The van der Waals surface area contributed by atoms with Crippen LogP contribution < -0.4 is 5.32 Å². The lowest BCUT2D eigenvalue weighted by Crippen LogP contribution is -2.41. The predicted molar refractivity (Wildman–Crippen MR) is 73.5 cm³/mol. The van der Waals surface area contributed by atoms with Crippen LogP contribution in [0.5, 0.6) is 0 Å². The maximum atomic E-state index is 5.47. The predicted octanol–water partition coefficient (Wildman–Crippen LogP) is 1.76. The molecule has 4 heteroatoms. The van der Waals surface area contributed by atoms with Gasteiger partial charge < -0.3 is 10.1 Å². The van der Waals surface area contributed by atoms with Gasteiger partial charge in [-0.15, -0.1) is 0 Å². The fourth-order valence-electron chi connectivity index (χ4n) is 2.30. The molecular formula is C14H23N3O. The number of rotatable bonds is 4. The Hall–Kier alpha value is -1.13. The average molecular weight is 249 g/mol. The van der Waals surface area contributed by atoms with Crippen molar-refractivity contribution < 1.29 is 4.74 Å². The number of aryl methyl sites for hydroxylation is 2. The van der Waals surface area contributed by atoms with Crippen molar-refractivity contribution >= 4 is 6.08 Å². The maximum absolute atomic E-state index is 5.47. The summed E-state index contributed by atoms with van der Waals surface area (Å²) in [5, 5.41) is 7.94. The molecule has 1 saturated heterocycles. The van der Waals surface area contributed by atoms with Crippen molar-refractivity contribution in [3.05, 3.63) is 23.0 Å².